The molecule has 0 fully saturated rings. The maximum Gasteiger partial charge on any atom is 0.326 e. The molecule has 0 aliphatic rings. The fourth-order valence-corrected chi connectivity index (χ4v) is 2.20. The Morgan fingerprint density at radius 2 is 1.92 bits per heavy atom. The van der Waals surface area contributed by atoms with Crippen molar-refractivity contribution < 1.29 is 19.4 Å². The van der Waals surface area contributed by atoms with E-state index in [4.69, 9.17) is 0 Å². The van der Waals surface area contributed by atoms with Gasteiger partial charge in [0.25, 0.3) is 17.3 Å². The van der Waals surface area contributed by atoms with Crippen molar-refractivity contribution in [2.45, 2.75) is 6.92 Å². The number of aryl methyl sites for hydroxylation is 1. The highest BCUT2D eigenvalue weighted by atomic mass is 32.1. The van der Waals surface area contributed by atoms with Crippen molar-refractivity contribution in [3.63, 3.8) is 0 Å². The quantitative estimate of drug-likeness (QED) is 0.617. The molecular weight excluding hydrogens is 344 g/mol. The normalized spacial score (nSPS) is 10.0. The van der Waals surface area contributed by atoms with Crippen LogP contribution in [-0.4, -0.2) is 31.4 Å². The minimum absolute atomic E-state index is 0.114. The Bertz CT molecular complexity index is 849. The van der Waals surface area contributed by atoms with Gasteiger partial charge in [0.1, 0.15) is 10.6 Å². The van der Waals surface area contributed by atoms with Gasteiger partial charge in [-0.1, -0.05) is 4.49 Å². The molecule has 0 spiro atoms. The molecule has 2 aromatic rings. The van der Waals surface area contributed by atoms with Crippen molar-refractivity contribution >= 4 is 40.5 Å². The van der Waals surface area contributed by atoms with Crippen LogP contribution >= 0.6 is 11.5 Å². The van der Waals surface area contributed by atoms with E-state index < -0.39 is 33.2 Å². The van der Waals surface area contributed by atoms with Crippen LogP contribution in [0.5, 0.6) is 0 Å². The van der Waals surface area contributed by atoms with Gasteiger partial charge < -0.3 is 5.32 Å². The number of non-ortho nitro benzene ring substituents is 1. The van der Waals surface area contributed by atoms with Crippen LogP contribution in [0, 0.1) is 27.2 Å². The van der Waals surface area contributed by atoms with Crippen molar-refractivity contribution in [3.8, 4) is 0 Å². The lowest BCUT2D eigenvalue weighted by atomic mass is 10.2. The molecule has 24 heavy (non-hydrogen) atoms. The number of hydrogen-bond acceptors (Lipinski definition) is 9. The van der Waals surface area contributed by atoms with Crippen molar-refractivity contribution in [3.05, 3.63) is 49.0 Å². The Labute approximate surface area is 137 Å². The number of benzene rings is 1. The standard InChI is InChI=1S/C11H8N6O6S/c1-5-9(24-15-14-5)10(18)13-11(19)12-7-3-2-6(16(20)21)4-8(7)17(22)23/h2-4H,1H3,(H2,12,13,18,19). The Morgan fingerprint density at radius 3 is 2.46 bits per heavy atom. The Hall–Kier alpha value is -3.48. The lowest BCUT2D eigenvalue weighted by molar-refractivity contribution is -0.393. The van der Waals surface area contributed by atoms with E-state index in [0.29, 0.717) is 11.8 Å². The highest BCUT2D eigenvalue weighted by Gasteiger charge is 2.22. The molecule has 0 atom stereocenters. The number of imide groups is 1. The molecule has 13 heteroatoms. The highest BCUT2D eigenvalue weighted by molar-refractivity contribution is 7.08. The summed E-state index contributed by atoms with van der Waals surface area (Å²) in [4.78, 5) is 43.6. The number of aromatic nitrogens is 2. The van der Waals surface area contributed by atoms with Gasteiger partial charge in [-0.05, 0) is 24.5 Å². The smallest absolute Gasteiger partial charge is 0.302 e. The minimum atomic E-state index is -1.04. The van der Waals surface area contributed by atoms with Crippen molar-refractivity contribution in [2.75, 3.05) is 5.32 Å². The van der Waals surface area contributed by atoms with Crippen LogP contribution in [0.4, 0.5) is 21.9 Å². The molecule has 0 radical (unpaired) electrons. The Balaban J connectivity index is 2.17. The van der Waals surface area contributed by atoms with Crippen molar-refractivity contribution in [2.24, 2.45) is 0 Å². The van der Waals surface area contributed by atoms with Crippen LogP contribution in [0.2, 0.25) is 0 Å². The van der Waals surface area contributed by atoms with Gasteiger partial charge in [-0.15, -0.1) is 5.10 Å². The molecule has 2 rings (SSSR count). The number of nitro groups is 2. The molecular formula is C11H8N6O6S. The molecule has 0 unspecified atom stereocenters. The van der Waals surface area contributed by atoms with Gasteiger partial charge in [-0.25, -0.2) is 4.79 Å². The van der Waals surface area contributed by atoms with Crippen LogP contribution in [0.1, 0.15) is 15.4 Å². The average Bonchev–Trinajstić information content (AvgIpc) is 2.93. The number of carbonyl (C=O) groups is 2. The molecule has 0 aliphatic heterocycles. The lowest BCUT2D eigenvalue weighted by Crippen LogP contribution is -2.34. The number of nitro benzene ring substituents is 2. The largest absolute Gasteiger partial charge is 0.326 e. The molecule has 3 amide bonds. The zero-order valence-corrected chi connectivity index (χ0v) is 12.7. The second kappa shape index (κ2) is 6.74. The first kappa shape index (κ1) is 16.9. The monoisotopic (exact) mass is 352 g/mol. The number of nitrogens with zero attached hydrogens (tertiary/aromatic N) is 4. The lowest BCUT2D eigenvalue weighted by Gasteiger charge is -2.06. The van der Waals surface area contributed by atoms with E-state index in [-0.39, 0.29) is 10.6 Å². The molecule has 2 N–H and O–H groups in total. The minimum Gasteiger partial charge on any atom is -0.302 e. The molecule has 124 valence electrons. The Kier molecular flexibility index (Phi) is 4.74. The Morgan fingerprint density at radius 1 is 1.21 bits per heavy atom. The van der Waals surface area contributed by atoms with Gasteiger partial charge in [0.15, 0.2) is 0 Å². The van der Waals surface area contributed by atoms with E-state index in [1.54, 1.807) is 0 Å². The molecule has 1 aromatic carbocycles. The van der Waals surface area contributed by atoms with E-state index in [1.165, 1.54) is 6.92 Å². The number of anilines is 1. The summed E-state index contributed by atoms with van der Waals surface area (Å²) in [6.45, 7) is 1.53. The molecule has 0 saturated heterocycles. The first-order valence-electron chi connectivity index (χ1n) is 6.13. The van der Waals surface area contributed by atoms with Gasteiger partial charge in [-0.3, -0.25) is 30.3 Å². The molecule has 1 heterocycles. The van der Waals surface area contributed by atoms with Crippen LogP contribution in [0.3, 0.4) is 0 Å². The third-order valence-corrected chi connectivity index (χ3v) is 3.55. The van der Waals surface area contributed by atoms with E-state index in [9.17, 15) is 29.8 Å². The van der Waals surface area contributed by atoms with E-state index >= 15 is 0 Å². The summed E-state index contributed by atoms with van der Waals surface area (Å²) in [5, 5.41) is 29.3. The SMILES string of the molecule is Cc1nnsc1C(=O)NC(=O)Nc1ccc([N+](=O)[O-])cc1[N+](=O)[O-]. The summed E-state index contributed by atoms with van der Waals surface area (Å²) < 4.78 is 3.54. The maximum atomic E-state index is 11.8. The predicted octanol–water partition coefficient (Wildman–Crippen LogP) is 1.62. The third-order valence-electron chi connectivity index (χ3n) is 2.72. The summed E-state index contributed by atoms with van der Waals surface area (Å²) in [7, 11) is 0. The average molecular weight is 352 g/mol. The number of urea groups is 1. The van der Waals surface area contributed by atoms with Gasteiger partial charge in [0.2, 0.25) is 0 Å². The predicted molar refractivity (Wildman–Crippen MR) is 80.9 cm³/mol. The van der Waals surface area contributed by atoms with Crippen molar-refractivity contribution in [1.29, 1.82) is 0 Å². The number of amides is 3. The number of nitrogens with one attached hydrogen (secondary N) is 2. The van der Waals surface area contributed by atoms with Crippen LogP contribution in [0.25, 0.3) is 0 Å². The zero-order chi connectivity index (χ0) is 17.9. The fourth-order valence-electron chi connectivity index (χ4n) is 1.64. The summed E-state index contributed by atoms with van der Waals surface area (Å²) in [5.41, 5.74) is -1.15. The second-order valence-corrected chi connectivity index (χ2v) is 5.07. The first-order chi connectivity index (χ1) is 11.3. The molecule has 0 saturated carbocycles. The highest BCUT2D eigenvalue weighted by Crippen LogP contribution is 2.28. The first-order valence-corrected chi connectivity index (χ1v) is 6.91. The fraction of sp³-hybridized carbons (Fsp3) is 0.0909. The molecule has 0 bridgehead atoms. The van der Waals surface area contributed by atoms with E-state index in [1.807, 2.05) is 5.32 Å². The van der Waals surface area contributed by atoms with Crippen molar-refractivity contribution in [1.82, 2.24) is 14.9 Å². The summed E-state index contributed by atoms with van der Waals surface area (Å²) >= 11 is 0.783. The summed E-state index contributed by atoms with van der Waals surface area (Å²) in [6, 6.07) is 1.65. The van der Waals surface area contributed by atoms with Gasteiger partial charge in [0, 0.05) is 6.07 Å². The summed E-state index contributed by atoms with van der Waals surface area (Å²) in [5.74, 6) is -0.774. The van der Waals surface area contributed by atoms with Crippen LogP contribution in [0.15, 0.2) is 18.2 Å². The number of carbonyl (C=O) groups excluding carboxylic acids is 2. The maximum absolute atomic E-state index is 11.8. The van der Waals surface area contributed by atoms with Crippen LogP contribution in [-0.2, 0) is 0 Å². The van der Waals surface area contributed by atoms with Gasteiger partial charge in [-0.2, -0.15) is 0 Å². The molecule has 12 nitrogen and oxygen atoms in total. The van der Waals surface area contributed by atoms with E-state index in [2.05, 4.69) is 14.9 Å². The van der Waals surface area contributed by atoms with E-state index in [0.717, 1.165) is 23.7 Å². The van der Waals surface area contributed by atoms with Gasteiger partial charge in [0.05, 0.1) is 21.6 Å². The zero-order valence-electron chi connectivity index (χ0n) is 11.9. The van der Waals surface area contributed by atoms with Crippen LogP contribution < -0.4 is 10.6 Å². The number of hydrogen-bond donors (Lipinski definition) is 2. The summed E-state index contributed by atoms with van der Waals surface area (Å²) in [6.07, 6.45) is 0. The number of rotatable bonds is 4. The molecule has 1 aromatic heterocycles. The van der Waals surface area contributed by atoms with Gasteiger partial charge >= 0.3 is 6.03 Å². The molecule has 0 aliphatic carbocycles. The third kappa shape index (κ3) is 3.64. The topological polar surface area (TPSA) is 170 Å². The second-order valence-electron chi connectivity index (χ2n) is 4.31.